The number of hydrogen-bond donors (Lipinski definition) is 1. The van der Waals surface area contributed by atoms with Gasteiger partial charge in [-0.1, -0.05) is 13.8 Å². The van der Waals surface area contributed by atoms with Gasteiger partial charge in [0.15, 0.2) is 0 Å². The van der Waals surface area contributed by atoms with Crippen molar-refractivity contribution in [3.63, 3.8) is 0 Å². The van der Waals surface area contributed by atoms with E-state index < -0.39 is 0 Å². The van der Waals surface area contributed by atoms with Gasteiger partial charge in [0.1, 0.15) is 0 Å². The highest BCUT2D eigenvalue weighted by molar-refractivity contribution is 5.30. The monoisotopic (exact) mass is 268 g/mol. The van der Waals surface area contributed by atoms with E-state index in [-0.39, 0.29) is 0 Å². The van der Waals surface area contributed by atoms with E-state index in [4.69, 9.17) is 4.74 Å². The molecule has 0 amide bonds. The van der Waals surface area contributed by atoms with Crippen molar-refractivity contribution in [2.75, 3.05) is 33.3 Å². The molecule has 0 spiro atoms. The van der Waals surface area contributed by atoms with Crippen LogP contribution in [0.2, 0.25) is 0 Å². The second-order valence-corrected chi connectivity index (χ2v) is 4.81. The average Bonchev–Trinajstić information content (AvgIpc) is 2.67. The highest BCUT2D eigenvalue weighted by Gasteiger charge is 2.13. The number of aryl methyl sites for hydroxylation is 2. The van der Waals surface area contributed by atoms with Crippen molar-refractivity contribution < 1.29 is 4.74 Å². The Morgan fingerprint density at radius 3 is 2.63 bits per heavy atom. The fraction of sp³-hybridized carbons (Fsp3) is 0.786. The molecule has 1 aromatic rings. The molecule has 0 aliphatic carbocycles. The first-order valence-electron chi connectivity index (χ1n) is 7.13. The topological polar surface area (TPSA) is 42.3 Å². The summed E-state index contributed by atoms with van der Waals surface area (Å²) in [6, 6.07) is 0. The predicted octanol–water partition coefficient (Wildman–Crippen LogP) is 1.56. The Morgan fingerprint density at radius 2 is 2.05 bits per heavy atom. The minimum atomic E-state index is 0.812. The van der Waals surface area contributed by atoms with Gasteiger partial charge >= 0.3 is 0 Å². The molecule has 0 fully saturated rings. The third kappa shape index (κ3) is 4.51. The smallest absolute Gasteiger partial charge is 0.216 e. The highest BCUT2D eigenvalue weighted by Crippen LogP contribution is 2.20. The molecule has 5 heteroatoms. The summed E-state index contributed by atoms with van der Waals surface area (Å²) in [5.74, 6) is 0.853. The van der Waals surface area contributed by atoms with E-state index in [1.807, 2.05) is 14.0 Å². The maximum atomic E-state index is 5.38. The predicted molar refractivity (Wildman–Crippen MR) is 78.6 cm³/mol. The maximum absolute atomic E-state index is 5.38. The van der Waals surface area contributed by atoms with Crippen LogP contribution in [0.25, 0.3) is 0 Å². The summed E-state index contributed by atoms with van der Waals surface area (Å²) in [5, 5.41) is 7.86. The number of likely N-dealkylation sites (N-methyl/N-ethyl adjacent to an activating group) is 1. The Labute approximate surface area is 116 Å². The summed E-state index contributed by atoms with van der Waals surface area (Å²) in [4.78, 5) is 2.46. The second kappa shape index (κ2) is 8.17. The van der Waals surface area contributed by atoms with E-state index in [1.165, 1.54) is 13.0 Å². The summed E-state index contributed by atoms with van der Waals surface area (Å²) in [5.41, 5.74) is 2.19. The Hall–Kier alpha value is -1.07. The third-order valence-electron chi connectivity index (χ3n) is 3.38. The summed E-state index contributed by atoms with van der Waals surface area (Å²) in [6.45, 7) is 11.6. The largest absolute Gasteiger partial charge is 0.481 e. The van der Waals surface area contributed by atoms with Crippen LogP contribution in [0.3, 0.4) is 0 Å². The van der Waals surface area contributed by atoms with Crippen LogP contribution in [0.1, 0.15) is 31.5 Å². The first-order valence-corrected chi connectivity index (χ1v) is 7.13. The minimum absolute atomic E-state index is 0.812. The van der Waals surface area contributed by atoms with E-state index >= 15 is 0 Å². The molecule has 1 aromatic heterocycles. The lowest BCUT2D eigenvalue weighted by molar-refractivity contribution is 0.287. The summed E-state index contributed by atoms with van der Waals surface area (Å²) < 4.78 is 7.18. The molecule has 0 aliphatic rings. The first kappa shape index (κ1) is 16.0. The van der Waals surface area contributed by atoms with Crippen LogP contribution in [0.4, 0.5) is 0 Å². The van der Waals surface area contributed by atoms with E-state index in [0.717, 1.165) is 43.3 Å². The molecule has 0 aliphatic heterocycles. The van der Waals surface area contributed by atoms with Crippen LogP contribution in [-0.2, 0) is 13.6 Å². The third-order valence-corrected chi connectivity index (χ3v) is 3.38. The number of rotatable bonds is 9. The zero-order valence-electron chi connectivity index (χ0n) is 13.0. The van der Waals surface area contributed by atoms with Crippen LogP contribution in [0.5, 0.6) is 5.88 Å². The highest BCUT2D eigenvalue weighted by atomic mass is 16.5. The van der Waals surface area contributed by atoms with Crippen LogP contribution in [0, 0.1) is 6.92 Å². The van der Waals surface area contributed by atoms with Crippen molar-refractivity contribution >= 4 is 0 Å². The Bertz CT molecular complexity index is 376. The van der Waals surface area contributed by atoms with Crippen molar-refractivity contribution in [2.45, 2.75) is 33.7 Å². The van der Waals surface area contributed by atoms with Gasteiger partial charge in [0.05, 0.1) is 18.4 Å². The zero-order valence-corrected chi connectivity index (χ0v) is 13.0. The number of nitrogens with zero attached hydrogens (tertiary/aromatic N) is 3. The molecule has 1 N–H and O–H groups in total. The second-order valence-electron chi connectivity index (χ2n) is 4.81. The summed E-state index contributed by atoms with van der Waals surface area (Å²) in [6.07, 6.45) is 1.21. The number of hydrogen-bond acceptors (Lipinski definition) is 4. The molecule has 110 valence electrons. The minimum Gasteiger partial charge on any atom is -0.481 e. The molecule has 1 rings (SSSR count). The lowest BCUT2D eigenvalue weighted by Crippen LogP contribution is -2.32. The van der Waals surface area contributed by atoms with E-state index in [1.54, 1.807) is 11.8 Å². The standard InChI is InChI=1S/C14H28N4O/c1-6-9-18(7-2)10-8-15-11-13-12(3)16-17(4)14(13)19-5/h15H,6-11H2,1-5H3. The number of ether oxygens (including phenoxy) is 1. The van der Waals surface area contributed by atoms with E-state index in [9.17, 15) is 0 Å². The summed E-state index contributed by atoms with van der Waals surface area (Å²) >= 11 is 0. The molecule has 0 saturated carbocycles. The van der Waals surface area contributed by atoms with Crippen molar-refractivity contribution in [1.29, 1.82) is 0 Å². The van der Waals surface area contributed by atoms with E-state index in [0.29, 0.717) is 0 Å². The SMILES string of the molecule is CCCN(CC)CCNCc1c(C)nn(C)c1OC. The van der Waals surface area contributed by atoms with Gasteiger partial charge in [-0.2, -0.15) is 5.10 Å². The molecule has 0 radical (unpaired) electrons. The van der Waals surface area contributed by atoms with Crippen LogP contribution < -0.4 is 10.1 Å². The maximum Gasteiger partial charge on any atom is 0.216 e. The molecular weight excluding hydrogens is 240 g/mol. The molecule has 0 unspecified atom stereocenters. The van der Waals surface area contributed by atoms with Crippen LogP contribution >= 0.6 is 0 Å². The van der Waals surface area contributed by atoms with Gasteiger partial charge in [-0.15, -0.1) is 0 Å². The van der Waals surface area contributed by atoms with Crippen LogP contribution in [-0.4, -0.2) is 48.0 Å². The molecule has 0 atom stereocenters. The average molecular weight is 268 g/mol. The number of aromatic nitrogens is 2. The van der Waals surface area contributed by atoms with Gasteiger partial charge in [0.25, 0.3) is 0 Å². The molecular formula is C14H28N4O. The van der Waals surface area contributed by atoms with E-state index in [2.05, 4.69) is 29.2 Å². The van der Waals surface area contributed by atoms with Crippen molar-refractivity contribution in [2.24, 2.45) is 7.05 Å². The quantitative estimate of drug-likeness (QED) is 0.690. The van der Waals surface area contributed by atoms with Gasteiger partial charge in [-0.3, -0.25) is 0 Å². The van der Waals surface area contributed by atoms with Gasteiger partial charge in [-0.05, 0) is 26.4 Å². The lowest BCUT2D eigenvalue weighted by Gasteiger charge is -2.19. The number of methoxy groups -OCH3 is 1. The molecule has 0 saturated heterocycles. The van der Waals surface area contributed by atoms with Gasteiger partial charge < -0.3 is 15.0 Å². The fourth-order valence-electron chi connectivity index (χ4n) is 2.33. The molecule has 19 heavy (non-hydrogen) atoms. The lowest BCUT2D eigenvalue weighted by atomic mass is 10.2. The summed E-state index contributed by atoms with van der Waals surface area (Å²) in [7, 11) is 3.61. The fourth-order valence-corrected chi connectivity index (χ4v) is 2.33. The van der Waals surface area contributed by atoms with Crippen molar-refractivity contribution in [3.8, 4) is 5.88 Å². The van der Waals surface area contributed by atoms with Crippen molar-refractivity contribution in [3.05, 3.63) is 11.3 Å². The Balaban J connectivity index is 2.41. The van der Waals surface area contributed by atoms with Gasteiger partial charge in [-0.25, -0.2) is 4.68 Å². The Morgan fingerprint density at radius 1 is 1.32 bits per heavy atom. The Kier molecular flexibility index (Phi) is 6.87. The first-order chi connectivity index (χ1) is 9.13. The van der Waals surface area contributed by atoms with Gasteiger partial charge in [0, 0.05) is 26.7 Å². The molecule has 5 nitrogen and oxygen atoms in total. The normalized spacial score (nSPS) is 11.3. The number of nitrogens with one attached hydrogen (secondary N) is 1. The molecule has 1 heterocycles. The molecule has 0 aromatic carbocycles. The van der Waals surface area contributed by atoms with Gasteiger partial charge in [0.2, 0.25) is 5.88 Å². The van der Waals surface area contributed by atoms with Crippen molar-refractivity contribution in [1.82, 2.24) is 20.0 Å². The van der Waals surface area contributed by atoms with Crippen LogP contribution in [0.15, 0.2) is 0 Å². The zero-order chi connectivity index (χ0) is 14.3. The molecule has 0 bridgehead atoms.